The molecule has 0 saturated heterocycles. The van der Waals surface area contributed by atoms with Gasteiger partial charge in [0.1, 0.15) is 6.04 Å². The van der Waals surface area contributed by atoms with Gasteiger partial charge in [0.05, 0.1) is 7.11 Å². The molecule has 4 nitrogen and oxygen atoms in total. The molecule has 1 atom stereocenters. The maximum absolute atomic E-state index is 10.7. The first kappa shape index (κ1) is 9.33. The molecule has 0 aliphatic carbocycles. The summed E-state index contributed by atoms with van der Waals surface area (Å²) in [4.78, 5) is 10.7. The second kappa shape index (κ2) is 4.31. The molecule has 0 aliphatic rings. The van der Waals surface area contributed by atoms with E-state index >= 15 is 0 Å². The minimum atomic E-state index is -0.529. The predicted octanol–water partition coefficient (Wildman–Crippen LogP) is 0.621. The number of nitrogens with zero attached hydrogens (tertiary/aromatic N) is 2. The van der Waals surface area contributed by atoms with Crippen molar-refractivity contribution in [3.8, 4) is 11.8 Å². The van der Waals surface area contributed by atoms with Crippen LogP contribution in [0.1, 0.15) is 13.0 Å². The number of methoxy groups -OCH3 is 1. The first-order valence-corrected chi connectivity index (χ1v) is 3.82. The van der Waals surface area contributed by atoms with Gasteiger partial charge in [0.2, 0.25) is 0 Å². The van der Waals surface area contributed by atoms with Crippen LogP contribution >= 0.6 is 0 Å². The van der Waals surface area contributed by atoms with Crippen LogP contribution in [0, 0.1) is 11.8 Å². The van der Waals surface area contributed by atoms with Gasteiger partial charge < -0.3 is 4.74 Å². The predicted molar refractivity (Wildman–Crippen MR) is 46.7 cm³/mol. The van der Waals surface area contributed by atoms with E-state index in [4.69, 9.17) is 0 Å². The molecule has 1 rings (SSSR count). The molecule has 0 radical (unpaired) electrons. The third kappa shape index (κ3) is 2.64. The van der Waals surface area contributed by atoms with Gasteiger partial charge in [0, 0.05) is 18.3 Å². The maximum Gasteiger partial charge on any atom is 0.384 e. The molecule has 0 spiro atoms. The highest BCUT2D eigenvalue weighted by atomic mass is 16.5. The molecule has 68 valence electrons. The average molecular weight is 178 g/mol. The molecule has 0 amide bonds. The molecule has 0 N–H and O–H groups in total. The molecule has 1 aromatic heterocycles. The maximum atomic E-state index is 10.7. The Morgan fingerprint density at radius 2 is 2.46 bits per heavy atom. The van der Waals surface area contributed by atoms with Crippen molar-refractivity contribution in [3.63, 3.8) is 0 Å². The molecule has 0 bridgehead atoms. The number of carbonyl (C=O) groups is 1. The van der Waals surface area contributed by atoms with Gasteiger partial charge in [0.15, 0.2) is 0 Å². The molecule has 4 heteroatoms. The van der Waals surface area contributed by atoms with Crippen LogP contribution in [0.15, 0.2) is 18.5 Å². The molecular weight excluding hydrogens is 168 g/mol. The molecule has 13 heavy (non-hydrogen) atoms. The summed E-state index contributed by atoms with van der Waals surface area (Å²) in [5.41, 5.74) is 0. The first-order chi connectivity index (χ1) is 6.24. The molecule has 0 aliphatic heterocycles. The summed E-state index contributed by atoms with van der Waals surface area (Å²) in [5.74, 6) is 4.53. The monoisotopic (exact) mass is 178 g/mol. The Morgan fingerprint density at radius 3 is 3.00 bits per heavy atom. The lowest BCUT2D eigenvalue weighted by Crippen LogP contribution is -2.04. The highest BCUT2D eigenvalue weighted by Gasteiger charge is 1.99. The van der Waals surface area contributed by atoms with E-state index in [1.807, 2.05) is 6.92 Å². The summed E-state index contributed by atoms with van der Waals surface area (Å²) in [6.45, 7) is 1.85. The van der Waals surface area contributed by atoms with Crippen LogP contribution < -0.4 is 0 Å². The topological polar surface area (TPSA) is 44.1 Å². The number of rotatable bonds is 1. The largest absolute Gasteiger partial charge is 0.459 e. The number of hydrogen-bond donors (Lipinski definition) is 0. The van der Waals surface area contributed by atoms with Gasteiger partial charge in [-0.3, -0.25) is 4.68 Å². The van der Waals surface area contributed by atoms with E-state index in [0.717, 1.165) is 0 Å². The van der Waals surface area contributed by atoms with Gasteiger partial charge in [-0.05, 0) is 13.0 Å². The summed E-state index contributed by atoms with van der Waals surface area (Å²) >= 11 is 0. The van der Waals surface area contributed by atoms with Crippen LogP contribution in [0.5, 0.6) is 0 Å². The molecule has 1 unspecified atom stereocenters. The fourth-order valence-corrected chi connectivity index (χ4v) is 0.790. The summed E-state index contributed by atoms with van der Waals surface area (Å²) in [6, 6.07) is 1.69. The lowest BCUT2D eigenvalue weighted by atomic mass is 10.3. The zero-order valence-electron chi connectivity index (χ0n) is 7.52. The Bertz CT molecular complexity index is 332. The third-order valence-electron chi connectivity index (χ3n) is 1.49. The van der Waals surface area contributed by atoms with Crippen LogP contribution in [0.4, 0.5) is 0 Å². The Labute approximate surface area is 76.5 Å². The van der Waals surface area contributed by atoms with Crippen LogP contribution in [0.25, 0.3) is 0 Å². The molecule has 0 fully saturated rings. The standard InChI is InChI=1S/C9H10N2O2/c1-8(4-5-9(12)13-2)11-7-3-6-10-11/h3,6-8H,1-2H3. The van der Waals surface area contributed by atoms with E-state index in [9.17, 15) is 4.79 Å². The third-order valence-corrected chi connectivity index (χ3v) is 1.49. The minimum absolute atomic E-state index is 0.117. The number of carbonyl (C=O) groups excluding carboxylic acids is 1. The second-order valence-corrected chi connectivity index (χ2v) is 2.42. The normalized spacial score (nSPS) is 11.2. The van der Waals surface area contributed by atoms with Gasteiger partial charge in [-0.15, -0.1) is 0 Å². The van der Waals surface area contributed by atoms with E-state index in [-0.39, 0.29) is 6.04 Å². The lowest BCUT2D eigenvalue weighted by Gasteiger charge is -2.02. The number of esters is 1. The number of aromatic nitrogens is 2. The van der Waals surface area contributed by atoms with Crippen molar-refractivity contribution in [2.75, 3.05) is 7.11 Å². The van der Waals surface area contributed by atoms with Gasteiger partial charge in [-0.1, -0.05) is 5.92 Å². The minimum Gasteiger partial charge on any atom is -0.459 e. The zero-order valence-corrected chi connectivity index (χ0v) is 7.52. The van der Waals surface area contributed by atoms with Crippen molar-refractivity contribution in [2.24, 2.45) is 0 Å². The molecular formula is C9H10N2O2. The highest BCUT2D eigenvalue weighted by Crippen LogP contribution is 1.99. The van der Waals surface area contributed by atoms with E-state index in [1.165, 1.54) is 7.11 Å². The average Bonchev–Trinajstić information content (AvgIpc) is 2.66. The molecule has 0 aromatic carbocycles. The summed E-state index contributed by atoms with van der Waals surface area (Å²) in [5, 5.41) is 3.98. The smallest absolute Gasteiger partial charge is 0.384 e. The number of ether oxygens (including phenoxy) is 1. The summed E-state index contributed by atoms with van der Waals surface area (Å²) in [7, 11) is 1.30. The molecule has 1 aromatic rings. The highest BCUT2D eigenvalue weighted by molar-refractivity contribution is 5.88. The SMILES string of the molecule is COC(=O)C#CC(C)n1cccn1. The van der Waals surface area contributed by atoms with Crippen molar-refractivity contribution >= 4 is 5.97 Å². The van der Waals surface area contributed by atoms with Crippen LogP contribution in [0.3, 0.4) is 0 Å². The fraction of sp³-hybridized carbons (Fsp3) is 0.333. The van der Waals surface area contributed by atoms with Crippen molar-refractivity contribution in [2.45, 2.75) is 13.0 Å². The van der Waals surface area contributed by atoms with E-state index in [1.54, 1.807) is 23.1 Å². The Kier molecular flexibility index (Phi) is 3.09. The Morgan fingerprint density at radius 1 is 1.69 bits per heavy atom. The fourth-order valence-electron chi connectivity index (χ4n) is 0.790. The molecule has 0 saturated carbocycles. The van der Waals surface area contributed by atoms with Gasteiger partial charge >= 0.3 is 5.97 Å². The van der Waals surface area contributed by atoms with Crippen molar-refractivity contribution in [1.82, 2.24) is 9.78 Å². The van der Waals surface area contributed by atoms with E-state index < -0.39 is 5.97 Å². The lowest BCUT2D eigenvalue weighted by molar-refractivity contribution is -0.133. The number of hydrogen-bond acceptors (Lipinski definition) is 3. The van der Waals surface area contributed by atoms with E-state index in [0.29, 0.717) is 0 Å². The first-order valence-electron chi connectivity index (χ1n) is 3.82. The van der Waals surface area contributed by atoms with Gasteiger partial charge in [-0.25, -0.2) is 4.79 Å². The Hall–Kier alpha value is -1.76. The summed E-state index contributed by atoms with van der Waals surface area (Å²) in [6.07, 6.45) is 3.45. The van der Waals surface area contributed by atoms with Crippen molar-refractivity contribution in [1.29, 1.82) is 0 Å². The van der Waals surface area contributed by atoms with E-state index in [2.05, 4.69) is 21.7 Å². The van der Waals surface area contributed by atoms with Crippen LogP contribution in [0.2, 0.25) is 0 Å². The van der Waals surface area contributed by atoms with Crippen LogP contribution in [-0.2, 0) is 9.53 Å². The van der Waals surface area contributed by atoms with Gasteiger partial charge in [0.25, 0.3) is 0 Å². The van der Waals surface area contributed by atoms with Crippen molar-refractivity contribution < 1.29 is 9.53 Å². The Balaban J connectivity index is 2.63. The molecule has 1 heterocycles. The zero-order chi connectivity index (χ0) is 9.68. The van der Waals surface area contributed by atoms with Crippen molar-refractivity contribution in [3.05, 3.63) is 18.5 Å². The summed E-state index contributed by atoms with van der Waals surface area (Å²) < 4.78 is 6.04. The second-order valence-electron chi connectivity index (χ2n) is 2.42. The van der Waals surface area contributed by atoms with Crippen LogP contribution in [-0.4, -0.2) is 22.9 Å². The van der Waals surface area contributed by atoms with Gasteiger partial charge in [-0.2, -0.15) is 5.10 Å². The quantitative estimate of drug-likeness (QED) is 0.360.